The van der Waals surface area contributed by atoms with Gasteiger partial charge in [0.05, 0.1) is 24.1 Å². The highest BCUT2D eigenvalue weighted by Gasteiger charge is 2.22. The maximum Gasteiger partial charge on any atom is 0.274 e. The van der Waals surface area contributed by atoms with Crippen molar-refractivity contribution in [2.45, 2.75) is 58.6 Å². The second-order valence-electron chi connectivity index (χ2n) is 7.66. The van der Waals surface area contributed by atoms with Crippen molar-refractivity contribution in [2.75, 3.05) is 13.2 Å². The highest BCUT2D eigenvalue weighted by Crippen LogP contribution is 2.26. The summed E-state index contributed by atoms with van der Waals surface area (Å²) in [5.41, 5.74) is 0.108. The molecule has 6 nitrogen and oxygen atoms in total. The fourth-order valence-electron chi connectivity index (χ4n) is 3.71. The molecule has 0 bridgehead atoms. The Morgan fingerprint density at radius 3 is 2.67 bits per heavy atom. The van der Waals surface area contributed by atoms with Gasteiger partial charge < -0.3 is 10.1 Å². The fourth-order valence-corrected chi connectivity index (χ4v) is 3.71. The summed E-state index contributed by atoms with van der Waals surface area (Å²) in [6, 6.07) is 7.00. The molecule has 27 heavy (non-hydrogen) atoms. The van der Waals surface area contributed by atoms with Crippen LogP contribution in [0.4, 0.5) is 0 Å². The van der Waals surface area contributed by atoms with E-state index in [4.69, 9.17) is 4.74 Å². The van der Waals surface area contributed by atoms with Crippen LogP contribution in [-0.2, 0) is 4.74 Å². The Kier molecular flexibility index (Phi) is 6.26. The number of carbonyl (C=O) groups excluding carboxylic acids is 1. The van der Waals surface area contributed by atoms with Crippen LogP contribution in [0.1, 0.15) is 63.0 Å². The molecule has 2 aromatic rings. The number of hydrogen-bond acceptors (Lipinski definition) is 4. The normalized spacial score (nSPS) is 20.1. The van der Waals surface area contributed by atoms with Crippen molar-refractivity contribution in [1.29, 1.82) is 0 Å². The van der Waals surface area contributed by atoms with E-state index in [0.29, 0.717) is 29.8 Å². The Hall–Kier alpha value is -2.21. The Bertz CT molecular complexity index is 859. The first-order valence-electron chi connectivity index (χ1n) is 9.90. The van der Waals surface area contributed by atoms with Crippen molar-refractivity contribution >= 4 is 16.7 Å². The summed E-state index contributed by atoms with van der Waals surface area (Å²) in [4.78, 5) is 25.3. The van der Waals surface area contributed by atoms with E-state index in [1.807, 2.05) is 19.9 Å². The number of rotatable bonds is 6. The zero-order valence-corrected chi connectivity index (χ0v) is 16.4. The maximum absolute atomic E-state index is 12.7. The van der Waals surface area contributed by atoms with Gasteiger partial charge in [-0.2, -0.15) is 5.10 Å². The molecular weight excluding hydrogens is 342 g/mol. The standard InChI is InChI=1S/C21H29N3O3/c1-14(2)24-21(26)17-10-6-5-9-16(17)19(23-24)20(25)22-12-13-27-18-11-7-4-8-15(18)3/h5-6,9-10,14-15,18H,4,7-8,11-13H2,1-3H3,(H,22,25)/t15-,18-/m1/s1. The molecule has 1 heterocycles. The number of carbonyl (C=O) groups is 1. The first-order valence-corrected chi connectivity index (χ1v) is 9.90. The van der Waals surface area contributed by atoms with Gasteiger partial charge in [-0.15, -0.1) is 0 Å². The third-order valence-electron chi connectivity index (χ3n) is 5.28. The predicted molar refractivity (Wildman–Crippen MR) is 106 cm³/mol. The molecule has 1 amide bonds. The Morgan fingerprint density at radius 2 is 1.96 bits per heavy atom. The number of hydrogen-bond donors (Lipinski definition) is 1. The summed E-state index contributed by atoms with van der Waals surface area (Å²) < 4.78 is 7.33. The number of fused-ring (bicyclic) bond motifs is 1. The van der Waals surface area contributed by atoms with Crippen LogP contribution in [0.15, 0.2) is 29.1 Å². The number of nitrogens with one attached hydrogen (secondary N) is 1. The Morgan fingerprint density at radius 1 is 1.26 bits per heavy atom. The van der Waals surface area contributed by atoms with Gasteiger partial charge in [0.2, 0.25) is 0 Å². The first-order chi connectivity index (χ1) is 13.0. The van der Waals surface area contributed by atoms with Crippen LogP contribution in [0.3, 0.4) is 0 Å². The minimum Gasteiger partial charge on any atom is -0.376 e. The van der Waals surface area contributed by atoms with E-state index in [2.05, 4.69) is 17.3 Å². The molecule has 1 fully saturated rings. The summed E-state index contributed by atoms with van der Waals surface area (Å²) in [6.07, 6.45) is 5.10. The lowest BCUT2D eigenvalue weighted by atomic mass is 9.88. The predicted octanol–water partition coefficient (Wildman–Crippen LogP) is 3.30. The molecule has 0 saturated heterocycles. The molecule has 1 aliphatic rings. The van der Waals surface area contributed by atoms with E-state index in [-0.39, 0.29) is 29.3 Å². The molecule has 3 rings (SSSR count). The first kappa shape index (κ1) is 19.5. The fraction of sp³-hybridized carbons (Fsp3) is 0.571. The lowest BCUT2D eigenvalue weighted by Crippen LogP contribution is -2.34. The maximum atomic E-state index is 12.7. The molecule has 1 aliphatic carbocycles. The largest absolute Gasteiger partial charge is 0.376 e. The van der Waals surface area contributed by atoms with Crippen LogP contribution in [0.5, 0.6) is 0 Å². The molecule has 0 spiro atoms. The van der Waals surface area contributed by atoms with Crippen LogP contribution in [-0.4, -0.2) is 34.9 Å². The van der Waals surface area contributed by atoms with Gasteiger partial charge in [-0.05, 0) is 38.7 Å². The third kappa shape index (κ3) is 4.38. The van der Waals surface area contributed by atoms with Gasteiger partial charge in [-0.3, -0.25) is 9.59 Å². The van der Waals surface area contributed by atoms with E-state index in [0.717, 1.165) is 6.42 Å². The minimum atomic E-state index is -0.277. The van der Waals surface area contributed by atoms with E-state index >= 15 is 0 Å². The minimum absolute atomic E-state index is 0.121. The van der Waals surface area contributed by atoms with E-state index in [1.54, 1.807) is 18.2 Å². The smallest absolute Gasteiger partial charge is 0.274 e. The van der Waals surface area contributed by atoms with Gasteiger partial charge in [0, 0.05) is 11.9 Å². The van der Waals surface area contributed by atoms with Crippen molar-refractivity contribution in [2.24, 2.45) is 5.92 Å². The number of nitrogens with zero attached hydrogens (tertiary/aromatic N) is 2. The second kappa shape index (κ2) is 8.65. The number of benzene rings is 1. The quantitative estimate of drug-likeness (QED) is 0.791. The molecule has 1 aromatic carbocycles. The number of aromatic nitrogens is 2. The average molecular weight is 371 g/mol. The summed E-state index contributed by atoms with van der Waals surface area (Å²) in [7, 11) is 0. The van der Waals surface area contributed by atoms with Gasteiger partial charge in [-0.25, -0.2) is 4.68 Å². The van der Waals surface area contributed by atoms with Crippen LogP contribution in [0, 0.1) is 5.92 Å². The van der Waals surface area contributed by atoms with Crippen molar-refractivity contribution in [1.82, 2.24) is 15.1 Å². The van der Waals surface area contributed by atoms with E-state index in [9.17, 15) is 9.59 Å². The third-order valence-corrected chi connectivity index (χ3v) is 5.28. The molecule has 6 heteroatoms. The van der Waals surface area contributed by atoms with Gasteiger partial charge in [0.25, 0.3) is 11.5 Å². The topological polar surface area (TPSA) is 73.2 Å². The van der Waals surface area contributed by atoms with Gasteiger partial charge in [0.1, 0.15) is 0 Å². The van der Waals surface area contributed by atoms with Crippen molar-refractivity contribution < 1.29 is 9.53 Å². The molecule has 2 atom stereocenters. The van der Waals surface area contributed by atoms with Crippen LogP contribution in [0.25, 0.3) is 10.8 Å². The summed E-state index contributed by atoms with van der Waals surface area (Å²) in [5.74, 6) is 0.301. The molecule has 1 aromatic heterocycles. The zero-order valence-electron chi connectivity index (χ0n) is 16.4. The molecule has 1 saturated carbocycles. The second-order valence-corrected chi connectivity index (χ2v) is 7.66. The number of ether oxygens (including phenoxy) is 1. The van der Waals surface area contributed by atoms with Gasteiger partial charge >= 0.3 is 0 Å². The van der Waals surface area contributed by atoms with Gasteiger partial charge in [0.15, 0.2) is 5.69 Å². The van der Waals surface area contributed by atoms with Crippen molar-refractivity contribution in [3.8, 4) is 0 Å². The zero-order chi connectivity index (χ0) is 19.4. The van der Waals surface area contributed by atoms with Crippen molar-refractivity contribution in [3.63, 3.8) is 0 Å². The lowest BCUT2D eigenvalue weighted by Gasteiger charge is -2.28. The van der Waals surface area contributed by atoms with Crippen LogP contribution >= 0.6 is 0 Å². The highest BCUT2D eigenvalue weighted by atomic mass is 16.5. The summed E-state index contributed by atoms with van der Waals surface area (Å²) in [6.45, 7) is 6.91. The monoisotopic (exact) mass is 371 g/mol. The Labute approximate surface area is 159 Å². The van der Waals surface area contributed by atoms with Crippen LogP contribution in [0.2, 0.25) is 0 Å². The highest BCUT2D eigenvalue weighted by molar-refractivity contribution is 6.04. The lowest BCUT2D eigenvalue weighted by molar-refractivity contribution is -0.00295. The van der Waals surface area contributed by atoms with Gasteiger partial charge in [-0.1, -0.05) is 38.0 Å². The molecule has 1 N–H and O–H groups in total. The van der Waals surface area contributed by atoms with Crippen LogP contribution < -0.4 is 10.9 Å². The van der Waals surface area contributed by atoms with E-state index < -0.39 is 0 Å². The summed E-state index contributed by atoms with van der Waals surface area (Å²) in [5, 5.41) is 8.32. The molecule has 0 aliphatic heterocycles. The van der Waals surface area contributed by atoms with E-state index in [1.165, 1.54) is 23.9 Å². The number of amides is 1. The average Bonchev–Trinajstić information content (AvgIpc) is 2.66. The molecule has 146 valence electrons. The summed E-state index contributed by atoms with van der Waals surface area (Å²) >= 11 is 0. The molecule has 0 radical (unpaired) electrons. The molecular formula is C21H29N3O3. The molecule has 0 unspecified atom stereocenters. The SMILES string of the molecule is CC(C)n1nc(C(=O)NCCO[C@@H]2CCCC[C@H]2C)c2ccccc2c1=O. The van der Waals surface area contributed by atoms with Crippen molar-refractivity contribution in [3.05, 3.63) is 40.3 Å². The Balaban J connectivity index is 1.70.